The third kappa shape index (κ3) is 8.57. The van der Waals surface area contributed by atoms with Gasteiger partial charge in [-0.1, -0.05) is 26.6 Å². The zero-order valence-corrected chi connectivity index (χ0v) is 8.85. The smallest absolute Gasteiger partial charge is 0.0548 e. The molecule has 2 heteroatoms. The number of thioether (sulfide) groups is 1. The summed E-state index contributed by atoms with van der Waals surface area (Å²) in [6.45, 7) is 9.53. The highest BCUT2D eigenvalue weighted by Gasteiger charge is 2.11. The lowest BCUT2D eigenvalue weighted by Gasteiger charge is -2.13. The lowest BCUT2D eigenvalue weighted by Crippen LogP contribution is -2.23. The Labute approximate surface area is 64.4 Å². The molecule has 0 aromatic rings. The van der Waals surface area contributed by atoms with E-state index in [0.29, 0.717) is 0 Å². The van der Waals surface area contributed by atoms with Crippen LogP contribution in [0.25, 0.3) is 0 Å². The SMILES string of the molecule is CCCSC[Si](C)(C)C. The van der Waals surface area contributed by atoms with Gasteiger partial charge in [-0.05, 0) is 17.5 Å². The summed E-state index contributed by atoms with van der Waals surface area (Å²) in [6.07, 6.45) is 1.33. The van der Waals surface area contributed by atoms with E-state index in [4.69, 9.17) is 0 Å². The van der Waals surface area contributed by atoms with Crippen LogP contribution in [0.15, 0.2) is 0 Å². The lowest BCUT2D eigenvalue weighted by atomic mass is 10.6. The highest BCUT2D eigenvalue weighted by molar-refractivity contribution is 8.00. The van der Waals surface area contributed by atoms with Crippen molar-refractivity contribution in [3.05, 3.63) is 0 Å². The molecule has 0 unspecified atom stereocenters. The minimum atomic E-state index is -0.731. The summed E-state index contributed by atoms with van der Waals surface area (Å²) in [6, 6.07) is 0. The largest absolute Gasteiger partial charge is 0.165 e. The maximum absolute atomic E-state index is 2.43. The van der Waals surface area contributed by atoms with Gasteiger partial charge in [-0.3, -0.25) is 0 Å². The summed E-state index contributed by atoms with van der Waals surface area (Å²) in [7, 11) is -0.731. The minimum Gasteiger partial charge on any atom is -0.165 e. The standard InChI is InChI=1S/C7H18SSi/c1-5-6-8-7-9(2,3)4/h5-7H2,1-4H3. The van der Waals surface area contributed by atoms with Crippen LogP contribution in [-0.2, 0) is 0 Å². The van der Waals surface area contributed by atoms with Crippen molar-refractivity contribution in [2.75, 3.05) is 11.1 Å². The first kappa shape index (κ1) is 9.57. The first-order valence-electron chi connectivity index (χ1n) is 3.64. The molecule has 9 heavy (non-hydrogen) atoms. The molecule has 0 atom stereocenters. The van der Waals surface area contributed by atoms with E-state index in [1.165, 1.54) is 17.5 Å². The monoisotopic (exact) mass is 162 g/mol. The van der Waals surface area contributed by atoms with Gasteiger partial charge in [0, 0.05) is 0 Å². The van der Waals surface area contributed by atoms with Gasteiger partial charge >= 0.3 is 0 Å². The van der Waals surface area contributed by atoms with E-state index < -0.39 is 8.07 Å². The van der Waals surface area contributed by atoms with Crippen LogP contribution in [0.2, 0.25) is 19.6 Å². The van der Waals surface area contributed by atoms with Crippen LogP contribution >= 0.6 is 11.8 Å². The topological polar surface area (TPSA) is 0 Å². The van der Waals surface area contributed by atoms with Crippen molar-refractivity contribution in [3.63, 3.8) is 0 Å². The van der Waals surface area contributed by atoms with Crippen molar-refractivity contribution in [1.82, 2.24) is 0 Å². The normalized spacial score (nSPS) is 12.0. The average Bonchev–Trinajstić information content (AvgIpc) is 1.63. The Morgan fingerprint density at radius 2 is 1.78 bits per heavy atom. The fraction of sp³-hybridized carbons (Fsp3) is 1.00. The van der Waals surface area contributed by atoms with Gasteiger partial charge in [0.1, 0.15) is 0 Å². The molecular formula is C7H18SSi. The van der Waals surface area contributed by atoms with Gasteiger partial charge in [0.15, 0.2) is 0 Å². The Morgan fingerprint density at radius 1 is 1.22 bits per heavy atom. The van der Waals surface area contributed by atoms with Gasteiger partial charge in [0.2, 0.25) is 0 Å². The van der Waals surface area contributed by atoms with Crippen molar-refractivity contribution in [2.45, 2.75) is 33.0 Å². The van der Waals surface area contributed by atoms with E-state index in [2.05, 4.69) is 38.3 Å². The van der Waals surface area contributed by atoms with Gasteiger partial charge in [-0.15, -0.1) is 0 Å². The summed E-state index contributed by atoms with van der Waals surface area (Å²) in [5, 5.41) is 1.43. The van der Waals surface area contributed by atoms with Crippen LogP contribution < -0.4 is 0 Å². The quantitative estimate of drug-likeness (QED) is 0.452. The Hall–Kier alpha value is 0.567. The van der Waals surface area contributed by atoms with Crippen molar-refractivity contribution in [1.29, 1.82) is 0 Å². The van der Waals surface area contributed by atoms with E-state index >= 15 is 0 Å². The molecule has 0 amide bonds. The van der Waals surface area contributed by atoms with Crippen LogP contribution in [-0.4, -0.2) is 19.2 Å². The molecule has 0 aliphatic heterocycles. The molecule has 56 valence electrons. The third-order valence-electron chi connectivity index (χ3n) is 0.884. The fourth-order valence-electron chi connectivity index (χ4n) is 0.523. The number of rotatable bonds is 4. The van der Waals surface area contributed by atoms with E-state index in [1.807, 2.05) is 0 Å². The molecule has 0 aliphatic rings. The molecule has 0 spiro atoms. The van der Waals surface area contributed by atoms with Crippen LogP contribution in [0.4, 0.5) is 0 Å². The maximum Gasteiger partial charge on any atom is 0.0548 e. The molecule has 0 fully saturated rings. The highest BCUT2D eigenvalue weighted by Crippen LogP contribution is 2.11. The first-order chi connectivity index (χ1) is 4.06. The highest BCUT2D eigenvalue weighted by atomic mass is 32.2. The summed E-state index contributed by atoms with van der Waals surface area (Å²) in [4.78, 5) is 0. The predicted molar refractivity (Wildman–Crippen MR) is 51.0 cm³/mol. The molecule has 0 aromatic carbocycles. The predicted octanol–water partition coefficient (Wildman–Crippen LogP) is 3.01. The van der Waals surface area contributed by atoms with Crippen molar-refractivity contribution in [3.8, 4) is 0 Å². The third-order valence-corrected chi connectivity index (χ3v) is 5.86. The zero-order valence-electron chi connectivity index (χ0n) is 7.03. The average molecular weight is 162 g/mol. The van der Waals surface area contributed by atoms with Crippen molar-refractivity contribution in [2.24, 2.45) is 0 Å². The van der Waals surface area contributed by atoms with E-state index in [9.17, 15) is 0 Å². The molecule has 0 saturated heterocycles. The van der Waals surface area contributed by atoms with Gasteiger partial charge in [-0.25, -0.2) is 0 Å². The van der Waals surface area contributed by atoms with Crippen LogP contribution in [0.5, 0.6) is 0 Å². The molecule has 0 aromatic heterocycles. The Bertz CT molecular complexity index is 65.8. The molecule has 0 saturated carbocycles. The summed E-state index contributed by atoms with van der Waals surface area (Å²) in [5.74, 6) is 1.35. The van der Waals surface area contributed by atoms with Gasteiger partial charge in [-0.2, -0.15) is 11.8 Å². The fourth-order valence-corrected chi connectivity index (χ4v) is 3.84. The summed E-state index contributed by atoms with van der Waals surface area (Å²) >= 11 is 2.12. The minimum absolute atomic E-state index is 0.731. The number of hydrogen-bond acceptors (Lipinski definition) is 1. The van der Waals surface area contributed by atoms with Gasteiger partial charge < -0.3 is 0 Å². The number of hydrogen-bond donors (Lipinski definition) is 0. The van der Waals surface area contributed by atoms with Gasteiger partial charge in [0.05, 0.1) is 8.07 Å². The van der Waals surface area contributed by atoms with E-state index in [-0.39, 0.29) is 0 Å². The summed E-state index contributed by atoms with van der Waals surface area (Å²) in [5.41, 5.74) is 0. The molecule has 0 aliphatic carbocycles. The van der Waals surface area contributed by atoms with Crippen LogP contribution in [0.1, 0.15) is 13.3 Å². The Kier molecular flexibility index (Phi) is 4.67. The molecule has 0 bridgehead atoms. The second-order valence-corrected chi connectivity index (χ2v) is 10.7. The molecule has 0 nitrogen and oxygen atoms in total. The van der Waals surface area contributed by atoms with Gasteiger partial charge in [0.25, 0.3) is 0 Å². The summed E-state index contributed by atoms with van der Waals surface area (Å²) < 4.78 is 0. The molecular weight excluding hydrogens is 144 g/mol. The first-order valence-corrected chi connectivity index (χ1v) is 8.50. The molecule has 0 rings (SSSR count). The van der Waals surface area contributed by atoms with E-state index in [1.54, 1.807) is 0 Å². The lowest BCUT2D eigenvalue weighted by molar-refractivity contribution is 1.11. The van der Waals surface area contributed by atoms with E-state index in [0.717, 1.165) is 0 Å². The maximum atomic E-state index is 2.43. The second-order valence-electron chi connectivity index (χ2n) is 3.61. The van der Waals surface area contributed by atoms with Crippen molar-refractivity contribution < 1.29 is 0 Å². The second kappa shape index (κ2) is 4.39. The van der Waals surface area contributed by atoms with Crippen molar-refractivity contribution >= 4 is 19.8 Å². The Morgan fingerprint density at radius 3 is 2.11 bits per heavy atom. The van der Waals surface area contributed by atoms with Crippen LogP contribution in [0.3, 0.4) is 0 Å². The molecule has 0 N–H and O–H groups in total. The molecule has 0 radical (unpaired) electrons. The zero-order chi connectivity index (χ0) is 7.33. The van der Waals surface area contributed by atoms with Crippen LogP contribution in [0, 0.1) is 0 Å². The molecule has 0 heterocycles. The Balaban J connectivity index is 3.07.